The summed E-state index contributed by atoms with van der Waals surface area (Å²) in [7, 11) is 1.61. The van der Waals surface area contributed by atoms with Crippen molar-refractivity contribution < 1.29 is 14.2 Å². The van der Waals surface area contributed by atoms with E-state index in [9.17, 15) is 4.39 Å². The van der Waals surface area contributed by atoms with E-state index in [-0.39, 0.29) is 25.3 Å². The topological polar surface area (TPSA) is 29.5 Å². The Morgan fingerprint density at radius 3 is 2.71 bits per heavy atom. The van der Waals surface area contributed by atoms with Gasteiger partial charge in [-0.15, -0.1) is 0 Å². The fourth-order valence-electron chi connectivity index (χ4n) is 1.53. The van der Waals surface area contributed by atoms with E-state index in [0.29, 0.717) is 0 Å². The molecule has 0 aliphatic heterocycles. The third kappa shape index (κ3) is 6.86. The van der Waals surface area contributed by atoms with Crippen molar-refractivity contribution in [2.75, 3.05) is 31.9 Å². The van der Waals surface area contributed by atoms with Crippen LogP contribution in [0.15, 0.2) is 23.8 Å². The van der Waals surface area contributed by atoms with Gasteiger partial charge in [0, 0.05) is 24.5 Å². The first-order chi connectivity index (χ1) is 8.21. The van der Waals surface area contributed by atoms with Crippen molar-refractivity contribution in [3.8, 4) is 0 Å². The third-order valence-electron chi connectivity index (χ3n) is 2.44. The molecule has 1 N–H and O–H groups in total. The molecule has 0 aromatic rings. The Morgan fingerprint density at radius 2 is 2.24 bits per heavy atom. The van der Waals surface area contributed by atoms with Gasteiger partial charge in [-0.1, -0.05) is 25.2 Å². The number of aliphatic hydroxyl groups is 1. The van der Waals surface area contributed by atoms with Crippen molar-refractivity contribution in [2.24, 2.45) is 5.92 Å². The summed E-state index contributed by atoms with van der Waals surface area (Å²) in [5.74, 6) is 1.45. The molecule has 0 radical (unpaired) electrons. The first-order valence-corrected chi connectivity index (χ1v) is 6.96. The van der Waals surface area contributed by atoms with Gasteiger partial charge < -0.3 is 9.84 Å². The third-order valence-corrected chi connectivity index (χ3v) is 3.34. The molecule has 100 valence electrons. The SMILES string of the molecule is C/C=C(\C=C/CSCCO)[C@@H](OC)C(C)CF. The number of aliphatic hydroxyl groups excluding tert-OH is 1. The number of hydrogen-bond acceptors (Lipinski definition) is 3. The molecule has 0 rings (SSSR count). The summed E-state index contributed by atoms with van der Waals surface area (Å²) in [6.07, 6.45) is 5.76. The van der Waals surface area contributed by atoms with Crippen molar-refractivity contribution in [2.45, 2.75) is 20.0 Å². The lowest BCUT2D eigenvalue weighted by atomic mass is 9.97. The molecule has 0 aromatic carbocycles. The zero-order valence-electron chi connectivity index (χ0n) is 10.9. The Hall–Kier alpha value is -0.320. The Labute approximate surface area is 108 Å². The minimum Gasteiger partial charge on any atom is -0.396 e. The van der Waals surface area contributed by atoms with Crippen molar-refractivity contribution >= 4 is 11.8 Å². The van der Waals surface area contributed by atoms with Crippen LogP contribution in [0.1, 0.15) is 13.8 Å². The van der Waals surface area contributed by atoms with E-state index >= 15 is 0 Å². The molecule has 0 aliphatic rings. The van der Waals surface area contributed by atoms with E-state index in [0.717, 1.165) is 17.1 Å². The molecule has 0 saturated carbocycles. The number of halogens is 1. The van der Waals surface area contributed by atoms with Crippen LogP contribution in [0.4, 0.5) is 4.39 Å². The number of thioether (sulfide) groups is 1. The number of allylic oxidation sites excluding steroid dienone is 1. The Bertz CT molecular complexity index is 242. The number of hydrogen-bond donors (Lipinski definition) is 1. The predicted octanol–water partition coefficient (Wildman–Crippen LogP) is 2.84. The average molecular weight is 262 g/mol. The van der Waals surface area contributed by atoms with Crippen LogP contribution in [0.5, 0.6) is 0 Å². The lowest BCUT2D eigenvalue weighted by molar-refractivity contribution is 0.0786. The second kappa shape index (κ2) is 10.8. The lowest BCUT2D eigenvalue weighted by Crippen LogP contribution is -2.23. The molecule has 1 unspecified atom stereocenters. The normalized spacial score (nSPS) is 16.4. The Balaban J connectivity index is 4.30. The minimum absolute atomic E-state index is 0.138. The molecule has 0 aromatic heterocycles. The van der Waals surface area contributed by atoms with Crippen LogP contribution in [0.2, 0.25) is 0 Å². The summed E-state index contributed by atoms with van der Waals surface area (Å²) in [4.78, 5) is 0. The van der Waals surface area contributed by atoms with E-state index in [2.05, 4.69) is 0 Å². The van der Waals surface area contributed by atoms with E-state index < -0.39 is 0 Å². The number of rotatable bonds is 9. The van der Waals surface area contributed by atoms with Gasteiger partial charge in [0.15, 0.2) is 0 Å². The highest BCUT2D eigenvalue weighted by Gasteiger charge is 2.18. The number of methoxy groups -OCH3 is 1. The summed E-state index contributed by atoms with van der Waals surface area (Å²) >= 11 is 1.66. The van der Waals surface area contributed by atoms with Gasteiger partial charge in [0.05, 0.1) is 19.4 Å². The lowest BCUT2D eigenvalue weighted by Gasteiger charge is -2.21. The van der Waals surface area contributed by atoms with Gasteiger partial charge in [-0.2, -0.15) is 11.8 Å². The zero-order valence-corrected chi connectivity index (χ0v) is 11.7. The zero-order chi connectivity index (χ0) is 13.1. The van der Waals surface area contributed by atoms with Gasteiger partial charge in [-0.3, -0.25) is 4.39 Å². The first-order valence-electron chi connectivity index (χ1n) is 5.81. The molecule has 0 bridgehead atoms. The number of ether oxygens (including phenoxy) is 1. The predicted molar refractivity (Wildman–Crippen MR) is 73.2 cm³/mol. The van der Waals surface area contributed by atoms with Crippen molar-refractivity contribution in [1.29, 1.82) is 0 Å². The minimum atomic E-state index is -0.386. The van der Waals surface area contributed by atoms with Crippen LogP contribution in [0.25, 0.3) is 0 Å². The standard InChI is InChI=1S/C13H23FO2S/c1-4-12(6-5-8-17-9-7-15)13(16-3)11(2)10-14/h4-6,11,13,15H,7-10H2,1-3H3/b6-5-,12-4+/t11?,13-/m0/s1. The molecule has 4 heteroatoms. The van der Waals surface area contributed by atoms with Crippen molar-refractivity contribution in [1.82, 2.24) is 0 Å². The van der Waals surface area contributed by atoms with Gasteiger partial charge in [-0.25, -0.2) is 0 Å². The molecule has 0 saturated heterocycles. The van der Waals surface area contributed by atoms with Gasteiger partial charge in [0.1, 0.15) is 0 Å². The summed E-state index contributed by atoms with van der Waals surface area (Å²) in [6.45, 7) is 3.58. The van der Waals surface area contributed by atoms with Crippen molar-refractivity contribution in [3.63, 3.8) is 0 Å². The van der Waals surface area contributed by atoms with Crippen LogP contribution in [0.3, 0.4) is 0 Å². The first kappa shape index (κ1) is 16.7. The highest BCUT2D eigenvalue weighted by Crippen LogP contribution is 2.18. The van der Waals surface area contributed by atoms with Gasteiger partial charge in [0.2, 0.25) is 0 Å². The molecule has 0 amide bonds. The van der Waals surface area contributed by atoms with Crippen molar-refractivity contribution in [3.05, 3.63) is 23.8 Å². The van der Waals surface area contributed by atoms with Crippen LogP contribution >= 0.6 is 11.8 Å². The van der Waals surface area contributed by atoms with E-state index in [1.54, 1.807) is 18.9 Å². The maximum Gasteiger partial charge on any atom is 0.0948 e. The maximum atomic E-state index is 12.6. The second-order valence-electron chi connectivity index (χ2n) is 3.78. The molecule has 2 nitrogen and oxygen atoms in total. The highest BCUT2D eigenvalue weighted by molar-refractivity contribution is 7.99. The summed E-state index contributed by atoms with van der Waals surface area (Å²) in [5.41, 5.74) is 1.00. The molecule has 0 heterocycles. The Kier molecular flexibility index (Phi) is 10.6. The average Bonchev–Trinajstić information content (AvgIpc) is 2.36. The van der Waals surface area contributed by atoms with Crippen LogP contribution in [-0.4, -0.2) is 43.1 Å². The van der Waals surface area contributed by atoms with Gasteiger partial charge in [0.25, 0.3) is 0 Å². The van der Waals surface area contributed by atoms with E-state index in [1.165, 1.54) is 0 Å². The van der Waals surface area contributed by atoms with Gasteiger partial charge >= 0.3 is 0 Å². The molecule has 0 fully saturated rings. The monoisotopic (exact) mass is 262 g/mol. The fourth-order valence-corrected chi connectivity index (χ4v) is 2.06. The number of alkyl halides is 1. The molecular formula is C13H23FO2S. The van der Waals surface area contributed by atoms with E-state index in [4.69, 9.17) is 9.84 Å². The highest BCUT2D eigenvalue weighted by atomic mass is 32.2. The summed E-state index contributed by atoms with van der Waals surface area (Å²) in [6, 6.07) is 0. The molecular weight excluding hydrogens is 239 g/mol. The largest absolute Gasteiger partial charge is 0.396 e. The molecule has 0 aliphatic carbocycles. The quantitative estimate of drug-likeness (QED) is 0.512. The summed E-state index contributed by atoms with van der Waals surface area (Å²) < 4.78 is 18.0. The molecule has 2 atom stereocenters. The molecule has 17 heavy (non-hydrogen) atoms. The Morgan fingerprint density at radius 1 is 1.53 bits per heavy atom. The van der Waals surface area contributed by atoms with Crippen LogP contribution in [-0.2, 0) is 4.74 Å². The van der Waals surface area contributed by atoms with E-state index in [1.807, 2.05) is 32.1 Å². The smallest absolute Gasteiger partial charge is 0.0948 e. The molecule has 0 spiro atoms. The van der Waals surface area contributed by atoms with Gasteiger partial charge in [-0.05, 0) is 12.5 Å². The second-order valence-corrected chi connectivity index (χ2v) is 4.93. The van der Waals surface area contributed by atoms with Crippen LogP contribution in [0, 0.1) is 5.92 Å². The summed E-state index contributed by atoms with van der Waals surface area (Å²) in [5, 5.41) is 8.63. The maximum absolute atomic E-state index is 12.6. The van der Waals surface area contributed by atoms with Crippen LogP contribution < -0.4 is 0 Å². The fraction of sp³-hybridized carbons (Fsp3) is 0.692.